The zero-order valence-corrected chi connectivity index (χ0v) is 13.0. The Hall–Kier alpha value is -1.30. The van der Waals surface area contributed by atoms with Crippen LogP contribution in [0, 0.1) is 6.92 Å². The van der Waals surface area contributed by atoms with Crippen molar-refractivity contribution in [3.8, 4) is 5.75 Å². The Balaban J connectivity index is 1.81. The molecule has 0 unspecified atom stereocenters. The first-order valence-corrected chi connectivity index (χ1v) is 7.48. The zero-order valence-electron chi connectivity index (χ0n) is 12.2. The van der Waals surface area contributed by atoms with Crippen LogP contribution in [0.15, 0.2) is 18.2 Å². The maximum Gasteiger partial charge on any atom is 0.260 e. The quantitative estimate of drug-likeness (QED) is 0.886. The first kappa shape index (κ1) is 16.1. The van der Waals surface area contributed by atoms with Gasteiger partial charge in [-0.05, 0) is 24.6 Å². The maximum atomic E-state index is 12.1. The van der Waals surface area contributed by atoms with Crippen LogP contribution in [0.3, 0.4) is 0 Å². The number of amides is 1. The number of hydrogen-bond donors (Lipinski definition) is 1. The van der Waals surface area contributed by atoms with Crippen LogP contribution in [0.1, 0.15) is 5.56 Å². The molecule has 116 valence electrons. The van der Waals surface area contributed by atoms with Gasteiger partial charge in [-0.3, -0.25) is 9.69 Å². The number of benzene rings is 1. The molecule has 0 atom stereocenters. The van der Waals surface area contributed by atoms with Crippen LogP contribution in [0.2, 0.25) is 5.02 Å². The van der Waals surface area contributed by atoms with Gasteiger partial charge >= 0.3 is 0 Å². The lowest BCUT2D eigenvalue weighted by Crippen LogP contribution is -2.50. The van der Waals surface area contributed by atoms with Gasteiger partial charge in [0.25, 0.3) is 5.91 Å². The van der Waals surface area contributed by atoms with Crippen LogP contribution in [0.5, 0.6) is 5.75 Å². The number of halogens is 1. The third kappa shape index (κ3) is 4.59. The molecule has 0 radical (unpaired) electrons. The second-order valence-electron chi connectivity index (χ2n) is 5.17. The van der Waals surface area contributed by atoms with Crippen molar-refractivity contribution >= 4 is 17.5 Å². The number of aliphatic hydroxyl groups excluding tert-OH is 1. The monoisotopic (exact) mass is 312 g/mol. The van der Waals surface area contributed by atoms with Crippen molar-refractivity contribution in [1.82, 2.24) is 9.80 Å². The molecule has 1 aromatic carbocycles. The second-order valence-corrected chi connectivity index (χ2v) is 5.58. The van der Waals surface area contributed by atoms with E-state index in [1.54, 1.807) is 11.0 Å². The summed E-state index contributed by atoms with van der Waals surface area (Å²) in [6.45, 7) is 5.69. The van der Waals surface area contributed by atoms with Gasteiger partial charge in [-0.1, -0.05) is 17.7 Å². The Morgan fingerprint density at radius 2 is 2.05 bits per heavy atom. The summed E-state index contributed by atoms with van der Waals surface area (Å²) in [5.41, 5.74) is 1.04. The average Bonchev–Trinajstić information content (AvgIpc) is 2.49. The number of β-amino-alcohol motifs (C(OH)–C–C–N with tert-alkyl or cyclic N) is 1. The van der Waals surface area contributed by atoms with Gasteiger partial charge < -0.3 is 14.7 Å². The van der Waals surface area contributed by atoms with Gasteiger partial charge in [0, 0.05) is 32.7 Å². The molecule has 6 heteroatoms. The molecular weight excluding hydrogens is 292 g/mol. The van der Waals surface area contributed by atoms with Crippen molar-refractivity contribution in [2.45, 2.75) is 6.92 Å². The van der Waals surface area contributed by atoms with Crippen molar-refractivity contribution in [3.05, 3.63) is 28.8 Å². The number of ether oxygens (including phenoxy) is 1. The molecule has 0 bridgehead atoms. The largest absolute Gasteiger partial charge is 0.482 e. The number of carbonyl (C=O) groups excluding carboxylic acids is 1. The van der Waals surface area contributed by atoms with E-state index in [1.807, 2.05) is 19.1 Å². The van der Waals surface area contributed by atoms with Crippen LogP contribution < -0.4 is 4.74 Å². The van der Waals surface area contributed by atoms with E-state index in [0.717, 1.165) is 18.7 Å². The lowest BCUT2D eigenvalue weighted by molar-refractivity contribution is -0.135. The van der Waals surface area contributed by atoms with Gasteiger partial charge in [0.05, 0.1) is 11.6 Å². The zero-order chi connectivity index (χ0) is 15.2. The Labute approximate surface area is 130 Å². The predicted octanol–water partition coefficient (Wildman–Crippen LogP) is 1.16. The average molecular weight is 313 g/mol. The lowest BCUT2D eigenvalue weighted by Gasteiger charge is -2.34. The molecule has 1 aliphatic rings. The highest BCUT2D eigenvalue weighted by molar-refractivity contribution is 6.32. The fourth-order valence-corrected chi connectivity index (χ4v) is 2.49. The minimum absolute atomic E-state index is 0.00315. The standard InChI is InChI=1S/C15H21ClN2O3/c1-12-2-3-13(16)14(10-12)21-11-15(20)18-6-4-17(5-7-18)8-9-19/h2-3,10,19H,4-9,11H2,1H3. The van der Waals surface area contributed by atoms with Gasteiger partial charge in [-0.15, -0.1) is 0 Å². The predicted molar refractivity (Wildman–Crippen MR) is 81.8 cm³/mol. The molecule has 5 nitrogen and oxygen atoms in total. The van der Waals surface area contributed by atoms with Crippen molar-refractivity contribution in [2.75, 3.05) is 45.9 Å². The highest BCUT2D eigenvalue weighted by Gasteiger charge is 2.21. The Morgan fingerprint density at radius 3 is 2.71 bits per heavy atom. The molecule has 1 heterocycles. The van der Waals surface area contributed by atoms with Crippen LogP contribution in [-0.4, -0.2) is 66.8 Å². The summed E-state index contributed by atoms with van der Waals surface area (Å²) in [4.78, 5) is 16.1. The van der Waals surface area contributed by atoms with Crippen LogP contribution >= 0.6 is 11.6 Å². The fraction of sp³-hybridized carbons (Fsp3) is 0.533. The van der Waals surface area contributed by atoms with Crippen LogP contribution in [0.25, 0.3) is 0 Å². The summed E-state index contributed by atoms with van der Waals surface area (Å²) in [6.07, 6.45) is 0. The molecule has 0 saturated carbocycles. The molecule has 0 aromatic heterocycles. The molecular formula is C15H21ClN2O3. The number of aryl methyl sites for hydroxylation is 1. The molecule has 1 N–H and O–H groups in total. The van der Waals surface area contributed by atoms with Gasteiger partial charge in [-0.25, -0.2) is 0 Å². The topological polar surface area (TPSA) is 53.0 Å². The highest BCUT2D eigenvalue weighted by Crippen LogP contribution is 2.25. The third-order valence-corrected chi connectivity index (χ3v) is 3.89. The number of rotatable bonds is 5. The van der Waals surface area contributed by atoms with E-state index in [9.17, 15) is 4.79 Å². The van der Waals surface area contributed by atoms with E-state index in [0.29, 0.717) is 30.4 Å². The number of piperazine rings is 1. The molecule has 1 aromatic rings. The lowest BCUT2D eigenvalue weighted by atomic mass is 10.2. The van der Waals surface area contributed by atoms with Crippen molar-refractivity contribution in [1.29, 1.82) is 0 Å². The first-order chi connectivity index (χ1) is 10.1. The minimum Gasteiger partial charge on any atom is -0.482 e. The Kier molecular flexibility index (Phi) is 5.85. The SMILES string of the molecule is Cc1ccc(Cl)c(OCC(=O)N2CCN(CCO)CC2)c1. The van der Waals surface area contributed by atoms with E-state index in [1.165, 1.54) is 0 Å². The third-order valence-electron chi connectivity index (χ3n) is 3.58. The smallest absolute Gasteiger partial charge is 0.260 e. The highest BCUT2D eigenvalue weighted by atomic mass is 35.5. The molecule has 1 amide bonds. The van der Waals surface area contributed by atoms with Crippen molar-refractivity contribution in [2.24, 2.45) is 0 Å². The molecule has 1 saturated heterocycles. The molecule has 0 spiro atoms. The van der Waals surface area contributed by atoms with E-state index in [-0.39, 0.29) is 19.1 Å². The fourth-order valence-electron chi connectivity index (χ4n) is 2.31. The number of hydrogen-bond acceptors (Lipinski definition) is 4. The number of carbonyl (C=O) groups is 1. The Bertz CT molecular complexity index is 488. The van der Waals surface area contributed by atoms with Gasteiger partial charge in [-0.2, -0.15) is 0 Å². The van der Waals surface area contributed by atoms with Crippen molar-refractivity contribution in [3.63, 3.8) is 0 Å². The molecule has 0 aliphatic carbocycles. The summed E-state index contributed by atoms with van der Waals surface area (Å²) < 4.78 is 5.53. The van der Waals surface area contributed by atoms with Gasteiger partial charge in [0.15, 0.2) is 6.61 Å². The van der Waals surface area contributed by atoms with E-state index in [2.05, 4.69) is 4.90 Å². The van der Waals surface area contributed by atoms with Crippen LogP contribution in [-0.2, 0) is 4.79 Å². The summed E-state index contributed by atoms with van der Waals surface area (Å²) in [5.74, 6) is 0.514. The number of nitrogens with zero attached hydrogens (tertiary/aromatic N) is 2. The minimum atomic E-state index is -0.0313. The molecule has 1 aliphatic heterocycles. The molecule has 21 heavy (non-hydrogen) atoms. The molecule has 1 fully saturated rings. The van der Waals surface area contributed by atoms with E-state index in [4.69, 9.17) is 21.4 Å². The summed E-state index contributed by atoms with van der Waals surface area (Å²) in [5, 5.41) is 9.41. The maximum absolute atomic E-state index is 12.1. The van der Waals surface area contributed by atoms with Crippen LogP contribution in [0.4, 0.5) is 0 Å². The molecule has 2 rings (SSSR count). The van der Waals surface area contributed by atoms with Gasteiger partial charge in [0.1, 0.15) is 5.75 Å². The number of aliphatic hydroxyl groups is 1. The summed E-state index contributed by atoms with van der Waals surface area (Å²) in [7, 11) is 0. The normalized spacial score (nSPS) is 16.0. The second kappa shape index (κ2) is 7.64. The van der Waals surface area contributed by atoms with E-state index >= 15 is 0 Å². The summed E-state index contributed by atoms with van der Waals surface area (Å²) in [6, 6.07) is 5.50. The van der Waals surface area contributed by atoms with Crippen molar-refractivity contribution < 1.29 is 14.6 Å². The first-order valence-electron chi connectivity index (χ1n) is 7.10. The Morgan fingerprint density at radius 1 is 1.33 bits per heavy atom. The van der Waals surface area contributed by atoms with Gasteiger partial charge in [0.2, 0.25) is 0 Å². The summed E-state index contributed by atoms with van der Waals surface area (Å²) >= 11 is 6.04. The van der Waals surface area contributed by atoms with E-state index < -0.39 is 0 Å².